The van der Waals surface area contributed by atoms with Gasteiger partial charge < -0.3 is 0 Å². The van der Waals surface area contributed by atoms with Crippen LogP contribution in [-0.4, -0.2) is 27.7 Å². The van der Waals surface area contributed by atoms with Crippen LogP contribution in [0, 0.1) is 0 Å². The number of benzene rings is 2. The monoisotopic (exact) mass is 335 g/mol. The van der Waals surface area contributed by atoms with E-state index < -0.39 is 11.2 Å². The summed E-state index contributed by atoms with van der Waals surface area (Å²) in [7, 11) is 0. The lowest BCUT2D eigenvalue weighted by atomic mass is 9.92. The summed E-state index contributed by atoms with van der Waals surface area (Å²) in [4.78, 5) is 4.80. The zero-order valence-electron chi connectivity index (χ0n) is 15.0. The molecule has 5 heteroatoms. The molecular formula is C20H23N4O. The quantitative estimate of drug-likeness (QED) is 0.675. The molecule has 0 bridgehead atoms. The number of hydrazone groups is 1. The number of para-hydroxylation sites is 1. The fraction of sp³-hybridized carbons (Fsp3) is 0.300. The van der Waals surface area contributed by atoms with E-state index in [1.165, 1.54) is 0 Å². The molecular weight excluding hydrogens is 312 g/mol. The van der Waals surface area contributed by atoms with Gasteiger partial charge in [-0.1, -0.05) is 48.5 Å². The largest absolute Gasteiger partial charge is 0.278 e. The molecule has 1 atom stereocenters. The number of anilines is 1. The van der Waals surface area contributed by atoms with Crippen LogP contribution in [0.4, 0.5) is 5.69 Å². The van der Waals surface area contributed by atoms with Gasteiger partial charge in [-0.15, -0.1) is 10.3 Å². The minimum Gasteiger partial charge on any atom is -0.278 e. The van der Waals surface area contributed by atoms with Gasteiger partial charge in [0.2, 0.25) is 0 Å². The van der Waals surface area contributed by atoms with Crippen molar-refractivity contribution in [2.24, 2.45) is 10.1 Å². The van der Waals surface area contributed by atoms with Gasteiger partial charge in [-0.25, -0.2) is 0 Å². The molecule has 3 rings (SSSR count). The Kier molecular flexibility index (Phi) is 4.45. The van der Waals surface area contributed by atoms with Crippen molar-refractivity contribution in [2.75, 3.05) is 5.43 Å². The van der Waals surface area contributed by atoms with Gasteiger partial charge in [0.1, 0.15) is 0 Å². The third kappa shape index (κ3) is 3.08. The Hall–Kier alpha value is -2.50. The van der Waals surface area contributed by atoms with Crippen LogP contribution in [0.25, 0.3) is 0 Å². The third-order valence-corrected chi connectivity index (χ3v) is 4.67. The first-order chi connectivity index (χ1) is 11.9. The molecule has 0 spiro atoms. The Morgan fingerprint density at radius 2 is 1.56 bits per heavy atom. The van der Waals surface area contributed by atoms with Crippen LogP contribution in [0.3, 0.4) is 0 Å². The number of hydrogen-bond acceptors (Lipinski definition) is 4. The highest BCUT2D eigenvalue weighted by atomic mass is 16.5. The maximum atomic E-state index is 13.1. The number of rotatable bonds is 4. The van der Waals surface area contributed by atoms with Crippen molar-refractivity contribution in [1.29, 1.82) is 0 Å². The van der Waals surface area contributed by atoms with Crippen molar-refractivity contribution in [3.63, 3.8) is 0 Å². The number of nitrogens with one attached hydrogen (secondary N) is 1. The lowest BCUT2D eigenvalue weighted by Gasteiger charge is -2.33. The predicted octanol–water partition coefficient (Wildman–Crippen LogP) is 4.12. The minimum absolute atomic E-state index is 0.616. The Morgan fingerprint density at radius 3 is 2.16 bits per heavy atom. The van der Waals surface area contributed by atoms with E-state index in [-0.39, 0.29) is 0 Å². The maximum absolute atomic E-state index is 13.1. The molecule has 1 unspecified atom stereocenters. The second kappa shape index (κ2) is 6.43. The Labute approximate surface area is 148 Å². The molecule has 25 heavy (non-hydrogen) atoms. The van der Waals surface area contributed by atoms with E-state index in [1.54, 1.807) is 0 Å². The average molecular weight is 335 g/mol. The molecule has 1 aliphatic heterocycles. The van der Waals surface area contributed by atoms with Crippen molar-refractivity contribution in [3.8, 4) is 0 Å². The highest BCUT2D eigenvalue weighted by molar-refractivity contribution is 6.11. The molecule has 0 fully saturated rings. The minimum atomic E-state index is -1.05. The fourth-order valence-electron chi connectivity index (χ4n) is 3.05. The van der Waals surface area contributed by atoms with Gasteiger partial charge in [0.15, 0.2) is 5.66 Å². The summed E-state index contributed by atoms with van der Waals surface area (Å²) in [5.41, 5.74) is 4.44. The normalized spacial score (nSPS) is 23.4. The van der Waals surface area contributed by atoms with Crippen LogP contribution in [0.1, 0.15) is 33.3 Å². The van der Waals surface area contributed by atoms with Gasteiger partial charge in [-0.05, 0) is 45.4 Å². The smallest absolute Gasteiger partial charge is 0.176 e. The van der Waals surface area contributed by atoms with Gasteiger partial charge in [-0.3, -0.25) is 10.4 Å². The van der Waals surface area contributed by atoms with E-state index in [1.807, 2.05) is 88.4 Å². The average Bonchev–Trinajstić information content (AvgIpc) is 2.82. The zero-order chi connectivity index (χ0) is 18.1. The van der Waals surface area contributed by atoms with Crippen molar-refractivity contribution in [1.82, 2.24) is 5.06 Å². The lowest BCUT2D eigenvalue weighted by Crippen LogP contribution is -2.53. The van der Waals surface area contributed by atoms with Crippen LogP contribution < -0.4 is 5.43 Å². The van der Waals surface area contributed by atoms with Gasteiger partial charge in [-0.2, -0.15) is 5.10 Å². The van der Waals surface area contributed by atoms with E-state index in [2.05, 4.69) is 10.5 Å². The fourth-order valence-corrected chi connectivity index (χ4v) is 3.05. The summed E-state index contributed by atoms with van der Waals surface area (Å²) < 4.78 is 0. The van der Waals surface area contributed by atoms with E-state index in [4.69, 9.17) is 4.99 Å². The summed E-state index contributed by atoms with van der Waals surface area (Å²) in [6.45, 7) is 7.43. The van der Waals surface area contributed by atoms with E-state index in [0.717, 1.165) is 22.0 Å². The van der Waals surface area contributed by atoms with E-state index in [9.17, 15) is 5.21 Å². The highest BCUT2D eigenvalue weighted by Gasteiger charge is 2.53. The molecule has 0 aromatic heterocycles. The second-order valence-corrected chi connectivity index (χ2v) is 6.88. The molecule has 1 aliphatic rings. The van der Waals surface area contributed by atoms with Crippen LogP contribution in [-0.2, 0) is 5.21 Å². The number of aliphatic imine (C=N–C) groups is 1. The van der Waals surface area contributed by atoms with Crippen LogP contribution in [0.15, 0.2) is 70.8 Å². The van der Waals surface area contributed by atoms with Crippen molar-refractivity contribution in [3.05, 3.63) is 66.2 Å². The summed E-state index contributed by atoms with van der Waals surface area (Å²) in [5, 5.41) is 18.5. The van der Waals surface area contributed by atoms with E-state index >= 15 is 0 Å². The molecule has 1 radical (unpaired) electrons. The topological polar surface area (TPSA) is 59.9 Å². The Morgan fingerprint density at radius 1 is 1.00 bits per heavy atom. The van der Waals surface area contributed by atoms with Gasteiger partial charge in [0.05, 0.1) is 22.6 Å². The highest BCUT2D eigenvalue weighted by Crippen LogP contribution is 2.37. The predicted molar refractivity (Wildman–Crippen MR) is 101 cm³/mol. The zero-order valence-corrected chi connectivity index (χ0v) is 15.0. The summed E-state index contributed by atoms with van der Waals surface area (Å²) in [5.74, 6) is 0. The molecule has 0 aliphatic carbocycles. The SMILES string of the molecule is C/C(=N\Nc1ccccc1)C1(C)N=C(c2ccccc2)C(C)(C)N1[O]. The number of hydrogen-bond donors (Lipinski definition) is 1. The van der Waals surface area contributed by atoms with Crippen molar-refractivity contribution >= 4 is 17.1 Å². The van der Waals surface area contributed by atoms with Crippen molar-refractivity contribution < 1.29 is 5.21 Å². The maximum Gasteiger partial charge on any atom is 0.176 e. The number of nitrogens with zero attached hydrogens (tertiary/aromatic N) is 3. The number of hydroxylamine groups is 2. The van der Waals surface area contributed by atoms with Crippen LogP contribution in [0.5, 0.6) is 0 Å². The van der Waals surface area contributed by atoms with Crippen LogP contribution >= 0.6 is 0 Å². The van der Waals surface area contributed by atoms with E-state index in [0.29, 0.717) is 5.71 Å². The molecule has 2 aromatic rings. The molecule has 1 heterocycles. The lowest BCUT2D eigenvalue weighted by molar-refractivity contribution is -0.227. The molecule has 0 saturated carbocycles. The molecule has 2 aromatic carbocycles. The van der Waals surface area contributed by atoms with Gasteiger partial charge in [0, 0.05) is 0 Å². The first-order valence-electron chi connectivity index (χ1n) is 8.35. The first kappa shape index (κ1) is 17.3. The third-order valence-electron chi connectivity index (χ3n) is 4.67. The van der Waals surface area contributed by atoms with Crippen molar-refractivity contribution in [2.45, 2.75) is 38.9 Å². The van der Waals surface area contributed by atoms with Crippen LogP contribution in [0.2, 0.25) is 0 Å². The molecule has 0 amide bonds. The standard InChI is InChI=1S/C20H23N4O/c1-15(22-23-17-13-9-6-10-14-17)20(4)21-18(19(2,3)24(20)25)16-11-7-5-8-12-16/h5-14,23H,1-4H3/b22-15+. The second-order valence-electron chi connectivity index (χ2n) is 6.88. The van der Waals surface area contributed by atoms with Gasteiger partial charge in [0.25, 0.3) is 0 Å². The first-order valence-corrected chi connectivity index (χ1v) is 8.35. The molecule has 1 N–H and O–H groups in total. The summed E-state index contributed by atoms with van der Waals surface area (Å²) >= 11 is 0. The molecule has 0 saturated heterocycles. The molecule has 5 nitrogen and oxygen atoms in total. The van der Waals surface area contributed by atoms with Gasteiger partial charge >= 0.3 is 0 Å². The Balaban J connectivity index is 1.95. The molecule has 129 valence electrons. The summed E-state index contributed by atoms with van der Waals surface area (Å²) in [6, 6.07) is 19.5. The Bertz CT molecular complexity index is 799. The summed E-state index contributed by atoms with van der Waals surface area (Å²) in [6.07, 6.45) is 0.